The summed E-state index contributed by atoms with van der Waals surface area (Å²) in [5.41, 5.74) is 6.61. The normalized spacial score (nSPS) is 11.6. The second kappa shape index (κ2) is 6.71. The van der Waals surface area contributed by atoms with Gasteiger partial charge in [-0.2, -0.15) is 0 Å². The minimum absolute atomic E-state index is 0.127. The van der Waals surface area contributed by atoms with Gasteiger partial charge in [-0.15, -0.1) is 0 Å². The van der Waals surface area contributed by atoms with Crippen LogP contribution in [0, 0.1) is 5.82 Å². The molecule has 0 unspecified atom stereocenters. The Bertz CT molecular complexity index is 375. The molecule has 3 nitrogen and oxygen atoms in total. The number of nitrogens with two attached hydrogens (primary N) is 1. The molecule has 1 aromatic rings. The molecule has 0 spiro atoms. The molecule has 0 heterocycles. The maximum absolute atomic E-state index is 13.1. The maximum Gasteiger partial charge on any atom is 0.123 e. The zero-order chi connectivity index (χ0) is 13.6. The average Bonchev–Trinajstić information content (AvgIpc) is 2.27. The predicted molar refractivity (Wildman–Crippen MR) is 72.2 cm³/mol. The van der Waals surface area contributed by atoms with Gasteiger partial charge in [0.2, 0.25) is 0 Å². The monoisotopic (exact) mass is 254 g/mol. The molecule has 0 aliphatic carbocycles. The van der Waals surface area contributed by atoms with Crippen molar-refractivity contribution in [3.05, 3.63) is 29.6 Å². The summed E-state index contributed by atoms with van der Waals surface area (Å²) < 4.78 is 18.3. The van der Waals surface area contributed by atoms with Crippen LogP contribution >= 0.6 is 0 Å². The minimum Gasteiger partial charge on any atom is -0.496 e. The number of ether oxygens (including phenoxy) is 1. The van der Waals surface area contributed by atoms with Crippen molar-refractivity contribution in [3.63, 3.8) is 0 Å². The van der Waals surface area contributed by atoms with Gasteiger partial charge in [-0.05, 0) is 51.4 Å². The molecule has 3 N–H and O–H groups in total. The zero-order valence-corrected chi connectivity index (χ0v) is 11.4. The minimum atomic E-state index is -0.240. The van der Waals surface area contributed by atoms with E-state index in [0.29, 0.717) is 12.3 Å². The molecule has 1 aromatic carbocycles. The van der Waals surface area contributed by atoms with Crippen molar-refractivity contribution in [2.24, 2.45) is 5.73 Å². The lowest BCUT2D eigenvalue weighted by Crippen LogP contribution is -2.32. The van der Waals surface area contributed by atoms with Gasteiger partial charge in [0.1, 0.15) is 11.6 Å². The van der Waals surface area contributed by atoms with E-state index in [-0.39, 0.29) is 11.4 Å². The van der Waals surface area contributed by atoms with Gasteiger partial charge in [0.15, 0.2) is 0 Å². The topological polar surface area (TPSA) is 47.3 Å². The van der Waals surface area contributed by atoms with Crippen molar-refractivity contribution < 1.29 is 9.13 Å². The fourth-order valence-electron chi connectivity index (χ4n) is 1.78. The largest absolute Gasteiger partial charge is 0.496 e. The van der Waals surface area contributed by atoms with Crippen molar-refractivity contribution >= 4 is 0 Å². The smallest absolute Gasteiger partial charge is 0.123 e. The molecule has 102 valence electrons. The first-order valence-corrected chi connectivity index (χ1v) is 6.24. The predicted octanol–water partition coefficient (Wildman–Crippen LogP) is 2.44. The van der Waals surface area contributed by atoms with Crippen LogP contribution in [0.5, 0.6) is 5.75 Å². The molecule has 0 amide bonds. The summed E-state index contributed by atoms with van der Waals surface area (Å²) in [4.78, 5) is 0. The summed E-state index contributed by atoms with van der Waals surface area (Å²) in [6, 6.07) is 4.55. The highest BCUT2D eigenvalue weighted by Crippen LogP contribution is 2.18. The fraction of sp³-hybridized carbons (Fsp3) is 0.571. The van der Waals surface area contributed by atoms with Gasteiger partial charge in [0, 0.05) is 17.6 Å². The number of rotatable bonds is 7. The molecule has 0 aromatic heterocycles. The van der Waals surface area contributed by atoms with E-state index < -0.39 is 0 Å². The van der Waals surface area contributed by atoms with Gasteiger partial charge in [0.05, 0.1) is 7.11 Å². The Balaban J connectivity index is 2.37. The summed E-state index contributed by atoms with van der Waals surface area (Å²) in [7, 11) is 1.59. The average molecular weight is 254 g/mol. The highest BCUT2D eigenvalue weighted by Gasteiger charge is 2.09. The summed E-state index contributed by atoms with van der Waals surface area (Å²) in [5, 5.41) is 3.27. The van der Waals surface area contributed by atoms with Crippen molar-refractivity contribution in [1.29, 1.82) is 0 Å². The lowest BCUT2D eigenvalue weighted by molar-refractivity contribution is 0.404. The van der Waals surface area contributed by atoms with Gasteiger partial charge >= 0.3 is 0 Å². The lowest BCUT2D eigenvalue weighted by atomic mass is 10.0. The Hall–Kier alpha value is -1.13. The van der Waals surface area contributed by atoms with E-state index in [1.54, 1.807) is 13.2 Å². The third-order valence-electron chi connectivity index (χ3n) is 2.73. The van der Waals surface area contributed by atoms with Crippen LogP contribution in [0.4, 0.5) is 4.39 Å². The molecule has 0 saturated heterocycles. The van der Waals surface area contributed by atoms with Gasteiger partial charge in [0.25, 0.3) is 0 Å². The van der Waals surface area contributed by atoms with E-state index in [1.165, 1.54) is 12.1 Å². The first-order valence-electron chi connectivity index (χ1n) is 6.24. The molecular formula is C14H23FN2O. The molecule has 0 radical (unpaired) electrons. The summed E-state index contributed by atoms with van der Waals surface area (Å²) in [5.74, 6) is 0.471. The number of nitrogens with one attached hydrogen (secondary N) is 1. The number of hydrogen-bond acceptors (Lipinski definition) is 3. The number of halogens is 1. The van der Waals surface area contributed by atoms with Gasteiger partial charge in [-0.3, -0.25) is 0 Å². The lowest BCUT2D eigenvalue weighted by Gasteiger charge is -2.18. The first-order chi connectivity index (χ1) is 8.42. The fourth-order valence-corrected chi connectivity index (χ4v) is 1.78. The van der Waals surface area contributed by atoms with Crippen molar-refractivity contribution in [1.82, 2.24) is 5.32 Å². The Labute approximate surface area is 109 Å². The van der Waals surface area contributed by atoms with Crippen LogP contribution in [0.1, 0.15) is 32.3 Å². The quantitative estimate of drug-likeness (QED) is 0.735. The molecule has 0 aliphatic heterocycles. The zero-order valence-electron chi connectivity index (χ0n) is 11.4. The number of hydrogen-bond donors (Lipinski definition) is 2. The van der Waals surface area contributed by atoms with Gasteiger partial charge in [-0.1, -0.05) is 0 Å². The SMILES string of the molecule is COc1ccc(F)cc1CNCCCC(C)(C)N. The van der Waals surface area contributed by atoms with Crippen LogP contribution in [0.25, 0.3) is 0 Å². The van der Waals surface area contributed by atoms with E-state index >= 15 is 0 Å². The molecule has 1 rings (SSSR count). The van der Waals surface area contributed by atoms with E-state index in [4.69, 9.17) is 10.5 Å². The Morgan fingerprint density at radius 3 is 2.72 bits per heavy atom. The van der Waals surface area contributed by atoms with E-state index in [1.807, 2.05) is 13.8 Å². The number of methoxy groups -OCH3 is 1. The van der Waals surface area contributed by atoms with Crippen LogP contribution < -0.4 is 15.8 Å². The van der Waals surface area contributed by atoms with Crippen molar-refractivity contribution in [3.8, 4) is 5.75 Å². The second-order valence-corrected chi connectivity index (χ2v) is 5.23. The third kappa shape index (κ3) is 5.47. The molecule has 0 bridgehead atoms. The Kier molecular flexibility index (Phi) is 5.56. The van der Waals surface area contributed by atoms with Crippen LogP contribution in [-0.4, -0.2) is 19.2 Å². The molecule has 4 heteroatoms. The van der Waals surface area contributed by atoms with Crippen LogP contribution in [0.3, 0.4) is 0 Å². The molecule has 0 saturated carbocycles. The van der Waals surface area contributed by atoms with E-state index in [0.717, 1.165) is 24.9 Å². The van der Waals surface area contributed by atoms with Crippen LogP contribution in [-0.2, 0) is 6.54 Å². The van der Waals surface area contributed by atoms with Crippen molar-refractivity contribution in [2.75, 3.05) is 13.7 Å². The summed E-state index contributed by atoms with van der Waals surface area (Å²) in [6.45, 7) is 5.50. The summed E-state index contributed by atoms with van der Waals surface area (Å²) in [6.07, 6.45) is 1.96. The number of benzene rings is 1. The third-order valence-corrected chi connectivity index (χ3v) is 2.73. The molecule has 18 heavy (non-hydrogen) atoms. The standard InChI is InChI=1S/C14H23FN2O/c1-14(2,16)7-4-8-17-10-11-9-12(15)5-6-13(11)18-3/h5-6,9,17H,4,7-8,10,16H2,1-3H3. The summed E-state index contributed by atoms with van der Waals surface area (Å²) >= 11 is 0. The highest BCUT2D eigenvalue weighted by molar-refractivity contribution is 5.33. The van der Waals surface area contributed by atoms with E-state index in [9.17, 15) is 4.39 Å². The Morgan fingerprint density at radius 1 is 1.39 bits per heavy atom. The van der Waals surface area contributed by atoms with Crippen LogP contribution in [0.2, 0.25) is 0 Å². The van der Waals surface area contributed by atoms with Gasteiger partial charge < -0.3 is 15.8 Å². The second-order valence-electron chi connectivity index (χ2n) is 5.23. The highest BCUT2D eigenvalue weighted by atomic mass is 19.1. The Morgan fingerprint density at radius 2 is 2.11 bits per heavy atom. The van der Waals surface area contributed by atoms with Gasteiger partial charge in [-0.25, -0.2) is 4.39 Å². The van der Waals surface area contributed by atoms with Crippen molar-refractivity contribution in [2.45, 2.75) is 38.8 Å². The molecule has 0 atom stereocenters. The van der Waals surface area contributed by atoms with Crippen LogP contribution in [0.15, 0.2) is 18.2 Å². The maximum atomic E-state index is 13.1. The van der Waals surface area contributed by atoms with E-state index in [2.05, 4.69) is 5.32 Å². The first kappa shape index (κ1) is 14.9. The molecule has 0 aliphatic rings. The molecular weight excluding hydrogens is 231 g/mol. The molecule has 0 fully saturated rings.